The number of fused-ring (bicyclic) bond motifs is 2. The molecule has 0 heterocycles. The smallest absolute Gasteiger partial charge is 1.00 e. The van der Waals surface area contributed by atoms with Gasteiger partial charge in [0, 0.05) is 11.7 Å². The quantitative estimate of drug-likeness (QED) is 0.0695. The van der Waals surface area contributed by atoms with Gasteiger partial charge in [0.25, 0.3) is 0 Å². The van der Waals surface area contributed by atoms with Crippen molar-refractivity contribution in [2.24, 2.45) is 5.73 Å². The summed E-state index contributed by atoms with van der Waals surface area (Å²) in [6, 6.07) is 115. The molecule has 12 aromatic rings. The first-order valence-electron chi connectivity index (χ1n) is 26.2. The standard InChI is InChI=1S/C44H32P2.C26H24NP.BF4.ClH.Ru/c1-5-19-35(20-6-1)45(36-21-7-2-8-22-36)41-31-29-33-17-13-15-27-39(33)43(41)44-40-28-16-14-18-34(40)30-32-42(44)46(37-23-9-3-10-24-37)38-25-11-4-12-26-38;27-25(21-13-5-1-6-14-21)26(22-15-7-2-8-16-22)28(23-17-9-3-10-18-23)24-19-11-4-12-20-24;2-1(3,4)5;;/h1-32H;1-20,25-26H,27H2;;1H;/q;;-1;;+2/p-1. The molecule has 0 aliphatic heterocycles. The monoisotopic (exact) mass is 1230 g/mol. The van der Waals surface area contributed by atoms with Gasteiger partial charge in [-0.1, -0.05) is 315 Å². The molecule has 12 rings (SSSR count). The van der Waals surface area contributed by atoms with Gasteiger partial charge >= 0.3 is 26.7 Å². The van der Waals surface area contributed by atoms with E-state index in [1.807, 2.05) is 6.07 Å². The fraction of sp³-hybridized carbons (Fsp3) is 0.0286. The van der Waals surface area contributed by atoms with Gasteiger partial charge in [0.1, 0.15) is 0 Å². The molecular formula is C70H56BClF4NP3Ru. The molecule has 0 spiro atoms. The molecule has 0 radical (unpaired) electrons. The van der Waals surface area contributed by atoms with Crippen LogP contribution in [-0.4, -0.2) is 7.25 Å². The van der Waals surface area contributed by atoms with E-state index in [1.54, 1.807) is 0 Å². The Balaban J connectivity index is 0.000000210. The van der Waals surface area contributed by atoms with E-state index in [0.717, 1.165) is 0 Å². The number of hydrogen-bond donors (Lipinski definition) is 1. The average molecular weight is 1230 g/mol. The minimum Gasteiger partial charge on any atom is -1.00 e. The van der Waals surface area contributed by atoms with Crippen LogP contribution in [0.4, 0.5) is 17.3 Å². The van der Waals surface area contributed by atoms with Crippen LogP contribution >= 0.6 is 23.8 Å². The van der Waals surface area contributed by atoms with Crippen molar-refractivity contribution in [3.05, 3.63) is 327 Å². The van der Waals surface area contributed by atoms with Crippen LogP contribution in [0.3, 0.4) is 0 Å². The van der Waals surface area contributed by atoms with Gasteiger partial charge in [0.15, 0.2) is 0 Å². The van der Waals surface area contributed by atoms with Crippen molar-refractivity contribution >= 4 is 95.0 Å². The summed E-state index contributed by atoms with van der Waals surface area (Å²) in [6.45, 7) is 0. The van der Waals surface area contributed by atoms with Crippen molar-refractivity contribution < 1.29 is 49.1 Å². The first-order valence-corrected chi connectivity index (χ1v) is 30.3. The Labute approximate surface area is 495 Å². The summed E-state index contributed by atoms with van der Waals surface area (Å²) in [5.74, 6) is 0. The predicted molar refractivity (Wildman–Crippen MR) is 336 cm³/mol. The van der Waals surface area contributed by atoms with Gasteiger partial charge in [-0.25, -0.2) is 0 Å². The van der Waals surface area contributed by atoms with Gasteiger partial charge in [0.05, 0.1) is 0 Å². The summed E-state index contributed by atoms with van der Waals surface area (Å²) in [5.41, 5.74) is 12.3. The van der Waals surface area contributed by atoms with Crippen LogP contribution in [0.2, 0.25) is 0 Å². The van der Waals surface area contributed by atoms with E-state index in [4.69, 9.17) is 5.73 Å². The Morgan fingerprint density at radius 3 is 0.852 bits per heavy atom. The molecule has 0 aliphatic rings. The second-order valence-corrected chi connectivity index (χ2v) is 25.4. The normalized spacial score (nSPS) is 11.8. The predicted octanol–water partition coefficient (Wildman–Crippen LogP) is 13.0. The Kier molecular flexibility index (Phi) is 21.7. The molecule has 402 valence electrons. The average Bonchev–Trinajstić information content (AvgIpc) is 3.51. The van der Waals surface area contributed by atoms with Crippen LogP contribution in [0, 0.1) is 0 Å². The van der Waals surface area contributed by atoms with Gasteiger partial charge < -0.3 is 35.4 Å². The molecule has 81 heavy (non-hydrogen) atoms. The van der Waals surface area contributed by atoms with Crippen LogP contribution in [0.5, 0.6) is 0 Å². The van der Waals surface area contributed by atoms with E-state index in [0.29, 0.717) is 0 Å². The largest absolute Gasteiger partial charge is 2.00 e. The van der Waals surface area contributed by atoms with E-state index >= 15 is 0 Å². The molecule has 0 saturated carbocycles. The molecule has 2 atom stereocenters. The minimum atomic E-state index is -6.00. The van der Waals surface area contributed by atoms with Gasteiger partial charge in [-0.3, -0.25) is 0 Å². The fourth-order valence-corrected chi connectivity index (χ4v) is 18.1. The first kappa shape index (κ1) is 60.2. The van der Waals surface area contributed by atoms with Gasteiger partial charge in [0.2, 0.25) is 0 Å². The zero-order chi connectivity index (χ0) is 54.4. The van der Waals surface area contributed by atoms with Crippen molar-refractivity contribution in [1.82, 2.24) is 0 Å². The number of nitrogens with two attached hydrogens (primary N) is 1. The van der Waals surface area contributed by atoms with Crippen molar-refractivity contribution in [1.29, 1.82) is 0 Å². The molecule has 0 fully saturated rings. The van der Waals surface area contributed by atoms with Crippen molar-refractivity contribution in [3.8, 4) is 11.1 Å². The maximum absolute atomic E-state index is 9.75. The molecule has 0 aromatic heterocycles. The molecule has 0 amide bonds. The molecule has 11 heteroatoms. The summed E-state index contributed by atoms with van der Waals surface area (Å²) in [5, 5.41) is 16.0. The minimum absolute atomic E-state index is 0. The topological polar surface area (TPSA) is 26.0 Å². The number of benzene rings is 12. The van der Waals surface area contributed by atoms with E-state index in [-0.39, 0.29) is 43.6 Å². The Morgan fingerprint density at radius 1 is 0.296 bits per heavy atom. The Hall–Kier alpha value is -6.89. The third-order valence-corrected chi connectivity index (χ3v) is 21.5. The number of rotatable bonds is 13. The third kappa shape index (κ3) is 15.0. The van der Waals surface area contributed by atoms with Crippen LogP contribution in [-0.2, 0) is 19.5 Å². The van der Waals surface area contributed by atoms with Crippen LogP contribution < -0.4 is 60.6 Å². The van der Waals surface area contributed by atoms with Crippen LogP contribution in [0.25, 0.3) is 32.7 Å². The Morgan fingerprint density at radius 2 is 0.543 bits per heavy atom. The summed E-state index contributed by atoms with van der Waals surface area (Å²) < 4.78 is 39.0. The molecule has 2 unspecified atom stereocenters. The summed E-state index contributed by atoms with van der Waals surface area (Å²) in [7, 11) is -8.38. The molecule has 0 saturated heterocycles. The summed E-state index contributed by atoms with van der Waals surface area (Å²) in [6.07, 6.45) is 0. The second-order valence-electron chi connectivity index (χ2n) is 18.7. The zero-order valence-corrected chi connectivity index (χ0v) is 49.1. The fourth-order valence-electron chi connectivity index (χ4n) is 10.3. The molecule has 1 nitrogen and oxygen atoms in total. The summed E-state index contributed by atoms with van der Waals surface area (Å²) >= 11 is 0. The first-order chi connectivity index (χ1) is 38.7. The van der Waals surface area contributed by atoms with Gasteiger partial charge in [-0.2, -0.15) is 0 Å². The van der Waals surface area contributed by atoms with E-state index < -0.39 is 31.0 Å². The molecule has 0 bridgehead atoms. The maximum atomic E-state index is 9.75. The number of halogens is 5. The van der Waals surface area contributed by atoms with E-state index in [2.05, 4.69) is 309 Å². The summed E-state index contributed by atoms with van der Waals surface area (Å²) in [4.78, 5) is 0. The van der Waals surface area contributed by atoms with Crippen LogP contribution in [0.1, 0.15) is 22.8 Å². The molecule has 2 N–H and O–H groups in total. The third-order valence-electron chi connectivity index (χ3n) is 13.6. The second kappa shape index (κ2) is 29.2. The molecule has 0 aliphatic carbocycles. The maximum Gasteiger partial charge on any atom is 2.00 e. The van der Waals surface area contributed by atoms with Crippen molar-refractivity contribution in [3.63, 3.8) is 0 Å². The van der Waals surface area contributed by atoms with Gasteiger partial charge in [-0.15, -0.1) is 0 Å². The zero-order valence-electron chi connectivity index (χ0n) is 43.9. The van der Waals surface area contributed by atoms with Gasteiger partial charge in [-0.05, 0) is 110 Å². The number of hydrogen-bond acceptors (Lipinski definition) is 1. The Bertz CT molecular complexity index is 3540. The van der Waals surface area contributed by atoms with Crippen molar-refractivity contribution in [2.75, 3.05) is 0 Å². The molecular weight excluding hydrogens is 1170 g/mol. The van der Waals surface area contributed by atoms with Crippen LogP contribution in [0.15, 0.2) is 315 Å². The van der Waals surface area contributed by atoms with E-state index in [9.17, 15) is 17.3 Å². The molecule has 12 aromatic carbocycles. The van der Waals surface area contributed by atoms with Crippen molar-refractivity contribution in [2.45, 2.75) is 11.7 Å². The van der Waals surface area contributed by atoms with E-state index in [1.165, 1.54) is 86.2 Å². The SMILES string of the molecule is F[B-](F)(F)F.NC(c1ccccc1)C(c1ccccc1)P(c1ccccc1)c1ccccc1.[Cl-].[Ru+2].c1ccc(P(c2ccccc2)c2ccc3ccccc3c2-c2c(P(c3ccccc3)c3ccccc3)ccc3ccccc23)cc1.